The van der Waals surface area contributed by atoms with Crippen LogP contribution in [0.2, 0.25) is 0 Å². The van der Waals surface area contributed by atoms with E-state index in [-0.39, 0.29) is 12.1 Å². The van der Waals surface area contributed by atoms with Gasteiger partial charge in [0.05, 0.1) is 0 Å². The van der Waals surface area contributed by atoms with Crippen LogP contribution in [-0.4, -0.2) is 12.1 Å². The molecule has 0 aromatic carbocycles. The molecule has 186 valence electrons. The lowest BCUT2D eigenvalue weighted by Gasteiger charge is -2.44. The molecule has 2 nitrogen and oxygen atoms in total. The maximum absolute atomic E-state index is 12.0. The van der Waals surface area contributed by atoms with E-state index in [9.17, 15) is 4.79 Å². The minimum Gasteiger partial charge on any atom is -0.462 e. The molecule has 0 aromatic rings. The second-order valence-corrected chi connectivity index (χ2v) is 12.0. The van der Waals surface area contributed by atoms with Gasteiger partial charge in [-0.3, -0.25) is 4.79 Å². The first kappa shape index (κ1) is 26.3. The fourth-order valence-electron chi connectivity index (χ4n) is 7.19. The molecule has 0 saturated heterocycles. The number of allylic oxidation sites excluding steroid dienone is 4. The fourth-order valence-corrected chi connectivity index (χ4v) is 7.19. The first-order valence-corrected chi connectivity index (χ1v) is 14.0. The molecular weight excluding hydrogens is 404 g/mol. The standard InChI is InChI=1S/C31H50O2/c1-7-10-30(32)33-27-17-14-23(4)26(21-27)16-15-25-13-9-20-31(6)28(18-19-29(25)31)24(5)12-8-11-22(2)3/h15-16,22,24,27-29H,4,7-14,17-21H2,1-3,5-6H3/b25-15+,26-16+/t24-,27+,28-,29+,31-/m1/s1. The van der Waals surface area contributed by atoms with Gasteiger partial charge in [-0.1, -0.05) is 83.8 Å². The van der Waals surface area contributed by atoms with E-state index in [1.165, 1.54) is 62.5 Å². The predicted octanol–water partition coefficient (Wildman–Crippen LogP) is 8.97. The molecular formula is C31H50O2. The zero-order valence-corrected chi connectivity index (χ0v) is 22.3. The number of carbonyl (C=O) groups excluding carboxylic acids is 1. The molecule has 0 aromatic heterocycles. The Morgan fingerprint density at radius 2 is 1.94 bits per heavy atom. The topological polar surface area (TPSA) is 26.3 Å². The number of fused-ring (bicyclic) bond motifs is 1. The Morgan fingerprint density at radius 1 is 1.15 bits per heavy atom. The lowest BCUT2D eigenvalue weighted by molar-refractivity contribution is -0.149. The van der Waals surface area contributed by atoms with Crippen LogP contribution in [-0.2, 0) is 9.53 Å². The molecule has 0 N–H and O–H groups in total. The molecule has 0 spiro atoms. The number of rotatable bonds is 9. The smallest absolute Gasteiger partial charge is 0.306 e. The van der Waals surface area contributed by atoms with E-state index in [0.29, 0.717) is 11.8 Å². The Labute approximate surface area is 204 Å². The summed E-state index contributed by atoms with van der Waals surface area (Å²) in [6.45, 7) is 16.2. The van der Waals surface area contributed by atoms with Gasteiger partial charge < -0.3 is 4.74 Å². The average Bonchev–Trinajstić information content (AvgIpc) is 3.11. The summed E-state index contributed by atoms with van der Waals surface area (Å²) in [6.07, 6.45) is 19.8. The molecule has 3 saturated carbocycles. The zero-order chi connectivity index (χ0) is 24.0. The highest BCUT2D eigenvalue weighted by molar-refractivity contribution is 5.69. The molecule has 33 heavy (non-hydrogen) atoms. The number of carbonyl (C=O) groups is 1. The van der Waals surface area contributed by atoms with Crippen molar-refractivity contribution in [2.75, 3.05) is 0 Å². The quantitative estimate of drug-likeness (QED) is 0.325. The summed E-state index contributed by atoms with van der Waals surface area (Å²) in [7, 11) is 0. The largest absolute Gasteiger partial charge is 0.462 e. The summed E-state index contributed by atoms with van der Waals surface area (Å²) in [6, 6.07) is 0. The summed E-state index contributed by atoms with van der Waals surface area (Å²) in [5.41, 5.74) is 4.68. The number of hydrogen-bond donors (Lipinski definition) is 0. The van der Waals surface area contributed by atoms with Crippen molar-refractivity contribution in [1.82, 2.24) is 0 Å². The Morgan fingerprint density at radius 3 is 2.67 bits per heavy atom. The molecule has 3 aliphatic carbocycles. The highest BCUT2D eigenvalue weighted by Crippen LogP contribution is 2.60. The second kappa shape index (κ2) is 11.9. The van der Waals surface area contributed by atoms with Crippen molar-refractivity contribution in [3.05, 3.63) is 35.5 Å². The third-order valence-corrected chi connectivity index (χ3v) is 9.09. The number of hydrogen-bond acceptors (Lipinski definition) is 2. The van der Waals surface area contributed by atoms with Crippen LogP contribution in [0.25, 0.3) is 0 Å². The van der Waals surface area contributed by atoms with Gasteiger partial charge in [0.1, 0.15) is 6.10 Å². The molecule has 0 amide bonds. The first-order chi connectivity index (χ1) is 15.7. The van der Waals surface area contributed by atoms with Gasteiger partial charge >= 0.3 is 5.97 Å². The van der Waals surface area contributed by atoms with Crippen molar-refractivity contribution in [3.8, 4) is 0 Å². The second-order valence-electron chi connectivity index (χ2n) is 12.0. The summed E-state index contributed by atoms with van der Waals surface area (Å²) in [5.74, 6) is 3.24. The molecule has 5 atom stereocenters. The fraction of sp³-hybridized carbons (Fsp3) is 0.774. The van der Waals surface area contributed by atoms with Gasteiger partial charge in [-0.2, -0.15) is 0 Å². The summed E-state index contributed by atoms with van der Waals surface area (Å²) in [5, 5.41) is 0. The Kier molecular flexibility index (Phi) is 9.48. The number of esters is 1. The van der Waals surface area contributed by atoms with Gasteiger partial charge in [0.2, 0.25) is 0 Å². The van der Waals surface area contributed by atoms with Crippen molar-refractivity contribution in [2.24, 2.45) is 29.1 Å². The van der Waals surface area contributed by atoms with Gasteiger partial charge in [0.15, 0.2) is 0 Å². The van der Waals surface area contributed by atoms with Crippen molar-refractivity contribution < 1.29 is 9.53 Å². The van der Waals surface area contributed by atoms with Crippen LogP contribution in [0.3, 0.4) is 0 Å². The van der Waals surface area contributed by atoms with Crippen molar-refractivity contribution in [1.29, 1.82) is 0 Å². The van der Waals surface area contributed by atoms with E-state index in [2.05, 4.69) is 46.4 Å². The van der Waals surface area contributed by atoms with E-state index in [1.54, 1.807) is 5.57 Å². The molecule has 0 aliphatic heterocycles. The van der Waals surface area contributed by atoms with E-state index in [4.69, 9.17) is 4.74 Å². The normalized spacial score (nSPS) is 33.5. The van der Waals surface area contributed by atoms with Crippen molar-refractivity contribution >= 4 is 5.97 Å². The van der Waals surface area contributed by atoms with Crippen LogP contribution in [0.4, 0.5) is 0 Å². The Hall–Kier alpha value is -1.31. The minimum atomic E-state index is -0.0460. The predicted molar refractivity (Wildman–Crippen MR) is 140 cm³/mol. The van der Waals surface area contributed by atoms with Crippen LogP contribution in [0.5, 0.6) is 0 Å². The summed E-state index contributed by atoms with van der Waals surface area (Å²) < 4.78 is 5.73. The maximum Gasteiger partial charge on any atom is 0.306 e. The SMILES string of the molecule is C=C1CC[C@H](OC(=O)CCC)C/C1=C\C=C1/CCC[C@]2(C)[C@@H]([C@H](C)CCCC(C)C)CC[C@@H]12. The summed E-state index contributed by atoms with van der Waals surface area (Å²) >= 11 is 0. The molecule has 0 bridgehead atoms. The van der Waals surface area contributed by atoms with Crippen molar-refractivity contribution in [3.63, 3.8) is 0 Å². The lowest BCUT2D eigenvalue weighted by Crippen LogP contribution is -2.36. The first-order valence-electron chi connectivity index (χ1n) is 14.0. The summed E-state index contributed by atoms with van der Waals surface area (Å²) in [4.78, 5) is 12.0. The average molecular weight is 455 g/mol. The maximum atomic E-state index is 12.0. The monoisotopic (exact) mass is 454 g/mol. The van der Waals surface area contributed by atoms with Crippen molar-refractivity contribution in [2.45, 2.75) is 124 Å². The van der Waals surface area contributed by atoms with Crippen LogP contribution in [0.15, 0.2) is 35.5 Å². The third kappa shape index (κ3) is 6.64. The van der Waals surface area contributed by atoms with E-state index in [0.717, 1.165) is 49.4 Å². The third-order valence-electron chi connectivity index (χ3n) is 9.09. The van der Waals surface area contributed by atoms with Gasteiger partial charge in [-0.15, -0.1) is 0 Å². The Balaban J connectivity index is 1.67. The van der Waals surface area contributed by atoms with Gasteiger partial charge in [-0.25, -0.2) is 0 Å². The number of ether oxygens (including phenoxy) is 1. The lowest BCUT2D eigenvalue weighted by atomic mass is 9.60. The van der Waals surface area contributed by atoms with Gasteiger partial charge in [-0.05, 0) is 86.0 Å². The van der Waals surface area contributed by atoms with E-state index < -0.39 is 0 Å². The molecule has 3 fully saturated rings. The Bertz CT molecular complexity index is 742. The minimum absolute atomic E-state index is 0.0263. The van der Waals surface area contributed by atoms with Crippen LogP contribution < -0.4 is 0 Å². The molecule has 0 radical (unpaired) electrons. The highest BCUT2D eigenvalue weighted by Gasteiger charge is 2.50. The van der Waals surface area contributed by atoms with Crippen LogP contribution in [0.1, 0.15) is 118 Å². The van der Waals surface area contributed by atoms with Gasteiger partial charge in [0, 0.05) is 12.8 Å². The zero-order valence-electron chi connectivity index (χ0n) is 22.3. The van der Waals surface area contributed by atoms with Gasteiger partial charge in [0.25, 0.3) is 0 Å². The van der Waals surface area contributed by atoms with Crippen LogP contribution >= 0.6 is 0 Å². The van der Waals surface area contributed by atoms with Crippen LogP contribution in [0, 0.1) is 29.1 Å². The highest BCUT2D eigenvalue weighted by atomic mass is 16.5. The van der Waals surface area contributed by atoms with E-state index in [1.807, 2.05) is 6.92 Å². The molecule has 3 aliphatic rings. The molecule has 3 rings (SSSR count). The molecule has 0 heterocycles. The molecule has 2 heteroatoms. The molecule has 0 unspecified atom stereocenters. The van der Waals surface area contributed by atoms with E-state index >= 15 is 0 Å².